The second-order valence-electron chi connectivity index (χ2n) is 5.14. The number of hydrogen-bond donors (Lipinski definition) is 1. The van der Waals surface area contributed by atoms with E-state index in [-0.39, 0.29) is 5.92 Å². The molecule has 0 radical (unpaired) electrons. The van der Waals surface area contributed by atoms with Crippen molar-refractivity contribution in [2.24, 2.45) is 5.92 Å². The Morgan fingerprint density at radius 3 is 2.74 bits per heavy atom. The highest BCUT2D eigenvalue weighted by Gasteiger charge is 2.29. The number of carbonyl (C=O) groups is 1. The number of carboxylic acids is 1. The smallest absolute Gasteiger partial charge is 0.307 e. The Hall–Kier alpha value is -0.770. The fourth-order valence-corrected chi connectivity index (χ4v) is 2.79. The highest BCUT2D eigenvalue weighted by molar-refractivity contribution is 6.42. The summed E-state index contributed by atoms with van der Waals surface area (Å²) >= 11 is 11.9. The maximum Gasteiger partial charge on any atom is 0.307 e. The first-order valence-corrected chi connectivity index (χ1v) is 7.13. The zero-order valence-electron chi connectivity index (χ0n) is 10.8. The molecule has 1 aromatic carbocycles. The van der Waals surface area contributed by atoms with Gasteiger partial charge in [0.1, 0.15) is 0 Å². The molecule has 1 N–H and O–H groups in total. The highest BCUT2D eigenvalue weighted by Crippen LogP contribution is 2.27. The van der Waals surface area contributed by atoms with Crippen LogP contribution in [0.4, 0.5) is 0 Å². The lowest BCUT2D eigenvalue weighted by atomic mass is 9.93. The first-order valence-electron chi connectivity index (χ1n) is 6.38. The lowest BCUT2D eigenvalue weighted by Gasteiger charge is -2.36. The maximum atomic E-state index is 11.1. The van der Waals surface area contributed by atoms with Crippen molar-refractivity contribution < 1.29 is 9.90 Å². The van der Waals surface area contributed by atoms with E-state index in [4.69, 9.17) is 28.3 Å². The molecule has 0 amide bonds. The number of piperidine rings is 1. The van der Waals surface area contributed by atoms with E-state index >= 15 is 0 Å². The van der Waals surface area contributed by atoms with Crippen LogP contribution in [0.1, 0.15) is 25.3 Å². The van der Waals surface area contributed by atoms with E-state index < -0.39 is 5.97 Å². The van der Waals surface area contributed by atoms with Gasteiger partial charge in [0.15, 0.2) is 0 Å². The second-order valence-corrected chi connectivity index (χ2v) is 5.95. The molecule has 0 aromatic heterocycles. The molecule has 3 nitrogen and oxygen atoms in total. The fraction of sp³-hybridized carbons (Fsp3) is 0.500. The average Bonchev–Trinajstić information content (AvgIpc) is 2.36. The average molecular weight is 302 g/mol. The van der Waals surface area contributed by atoms with E-state index in [2.05, 4.69) is 11.8 Å². The van der Waals surface area contributed by atoms with Crippen molar-refractivity contribution >= 4 is 29.2 Å². The van der Waals surface area contributed by atoms with Crippen LogP contribution >= 0.6 is 23.2 Å². The van der Waals surface area contributed by atoms with Gasteiger partial charge in [0.25, 0.3) is 0 Å². The molecule has 1 aliphatic heterocycles. The van der Waals surface area contributed by atoms with Crippen LogP contribution in [0.25, 0.3) is 0 Å². The van der Waals surface area contributed by atoms with Gasteiger partial charge in [-0.25, -0.2) is 0 Å². The van der Waals surface area contributed by atoms with Crippen LogP contribution in [0.3, 0.4) is 0 Å². The fourth-order valence-electron chi connectivity index (χ4n) is 2.47. The van der Waals surface area contributed by atoms with Gasteiger partial charge in [-0.3, -0.25) is 9.69 Å². The summed E-state index contributed by atoms with van der Waals surface area (Å²) in [5.41, 5.74) is 1.06. The monoisotopic (exact) mass is 301 g/mol. The van der Waals surface area contributed by atoms with Crippen molar-refractivity contribution in [3.8, 4) is 0 Å². The van der Waals surface area contributed by atoms with Gasteiger partial charge in [0, 0.05) is 19.1 Å². The summed E-state index contributed by atoms with van der Waals surface area (Å²) in [5, 5.41) is 10.2. The lowest BCUT2D eigenvalue weighted by Crippen LogP contribution is -2.43. The number of benzene rings is 1. The van der Waals surface area contributed by atoms with E-state index in [1.54, 1.807) is 6.07 Å². The van der Waals surface area contributed by atoms with Crippen molar-refractivity contribution in [1.82, 2.24) is 4.90 Å². The minimum Gasteiger partial charge on any atom is -0.481 e. The molecule has 0 aliphatic carbocycles. The summed E-state index contributed by atoms with van der Waals surface area (Å²) in [5.74, 6) is -0.968. The van der Waals surface area contributed by atoms with Crippen molar-refractivity contribution in [2.75, 3.05) is 6.54 Å². The van der Waals surface area contributed by atoms with Crippen LogP contribution in [0.15, 0.2) is 18.2 Å². The molecular formula is C14H17Cl2NO2. The van der Waals surface area contributed by atoms with E-state index in [1.165, 1.54) is 0 Å². The Morgan fingerprint density at radius 2 is 2.11 bits per heavy atom. The predicted octanol–water partition coefficient (Wildman–Crippen LogP) is 3.68. The summed E-state index contributed by atoms with van der Waals surface area (Å²) in [6, 6.07) is 5.96. The molecule has 0 saturated carbocycles. The van der Waals surface area contributed by atoms with Crippen LogP contribution in [0, 0.1) is 5.92 Å². The number of nitrogens with zero attached hydrogens (tertiary/aromatic N) is 1. The van der Waals surface area contributed by atoms with E-state index in [9.17, 15) is 4.79 Å². The number of carboxylic acid groups (broad SMARTS) is 1. The van der Waals surface area contributed by atoms with Gasteiger partial charge in [-0.05, 0) is 37.5 Å². The molecule has 1 saturated heterocycles. The minimum atomic E-state index is -0.703. The van der Waals surface area contributed by atoms with Gasteiger partial charge in [-0.2, -0.15) is 0 Å². The van der Waals surface area contributed by atoms with Gasteiger partial charge in [-0.15, -0.1) is 0 Å². The quantitative estimate of drug-likeness (QED) is 0.926. The molecule has 5 heteroatoms. The van der Waals surface area contributed by atoms with Crippen LogP contribution in [-0.2, 0) is 11.3 Å². The molecule has 2 atom stereocenters. The van der Waals surface area contributed by atoms with Crippen LogP contribution in [0.2, 0.25) is 10.0 Å². The highest BCUT2D eigenvalue weighted by atomic mass is 35.5. The lowest BCUT2D eigenvalue weighted by molar-refractivity contribution is -0.144. The molecule has 2 unspecified atom stereocenters. The number of likely N-dealkylation sites (tertiary alicyclic amines) is 1. The molecule has 104 valence electrons. The SMILES string of the molecule is CC1CCC(C(=O)O)CN1Cc1ccc(Cl)c(Cl)c1. The Balaban J connectivity index is 2.07. The Kier molecular flexibility index (Phi) is 4.71. The van der Waals surface area contributed by atoms with Crippen molar-refractivity contribution in [1.29, 1.82) is 0 Å². The van der Waals surface area contributed by atoms with Gasteiger partial charge in [-0.1, -0.05) is 29.3 Å². The number of halogens is 2. The summed E-state index contributed by atoms with van der Waals surface area (Å²) in [6.45, 7) is 3.44. The normalized spacial score (nSPS) is 24.4. The number of rotatable bonds is 3. The summed E-state index contributed by atoms with van der Waals surface area (Å²) < 4.78 is 0. The molecule has 1 aromatic rings. The van der Waals surface area contributed by atoms with Crippen molar-refractivity contribution in [2.45, 2.75) is 32.4 Å². The summed E-state index contributed by atoms with van der Waals surface area (Å²) in [6.07, 6.45) is 1.67. The molecule has 19 heavy (non-hydrogen) atoms. The minimum absolute atomic E-state index is 0.265. The van der Waals surface area contributed by atoms with E-state index in [1.807, 2.05) is 12.1 Å². The topological polar surface area (TPSA) is 40.5 Å². The zero-order chi connectivity index (χ0) is 14.0. The third-order valence-corrected chi connectivity index (χ3v) is 4.47. The first kappa shape index (κ1) is 14.6. The molecule has 0 spiro atoms. The molecule has 1 fully saturated rings. The largest absolute Gasteiger partial charge is 0.481 e. The Labute approximate surface area is 123 Å². The Morgan fingerprint density at radius 1 is 1.37 bits per heavy atom. The van der Waals surface area contributed by atoms with Crippen molar-refractivity contribution in [3.63, 3.8) is 0 Å². The number of hydrogen-bond acceptors (Lipinski definition) is 2. The van der Waals surface area contributed by atoms with Gasteiger partial charge in [0.2, 0.25) is 0 Å². The predicted molar refractivity (Wildman–Crippen MR) is 76.7 cm³/mol. The van der Waals surface area contributed by atoms with E-state index in [0.717, 1.165) is 18.4 Å². The molecule has 1 aliphatic rings. The van der Waals surface area contributed by atoms with Crippen LogP contribution in [-0.4, -0.2) is 28.6 Å². The van der Waals surface area contributed by atoms with Crippen LogP contribution < -0.4 is 0 Å². The molecular weight excluding hydrogens is 285 g/mol. The zero-order valence-corrected chi connectivity index (χ0v) is 12.3. The third-order valence-electron chi connectivity index (χ3n) is 3.73. The second kappa shape index (κ2) is 6.12. The third kappa shape index (κ3) is 3.62. The first-order chi connectivity index (χ1) is 8.97. The maximum absolute atomic E-state index is 11.1. The number of aliphatic carboxylic acids is 1. The standard InChI is InChI=1S/C14H17Cl2NO2/c1-9-2-4-11(14(18)19)8-17(9)7-10-3-5-12(15)13(16)6-10/h3,5-6,9,11H,2,4,7-8H2,1H3,(H,18,19). The molecule has 1 heterocycles. The van der Waals surface area contributed by atoms with E-state index in [0.29, 0.717) is 29.2 Å². The Bertz CT molecular complexity index is 479. The molecule has 2 rings (SSSR count). The van der Waals surface area contributed by atoms with Crippen LogP contribution in [0.5, 0.6) is 0 Å². The summed E-state index contributed by atoms with van der Waals surface area (Å²) in [7, 11) is 0. The molecule has 0 bridgehead atoms. The van der Waals surface area contributed by atoms with Crippen molar-refractivity contribution in [3.05, 3.63) is 33.8 Å². The summed E-state index contributed by atoms with van der Waals surface area (Å²) in [4.78, 5) is 13.3. The van der Waals surface area contributed by atoms with Gasteiger partial charge < -0.3 is 5.11 Å². The van der Waals surface area contributed by atoms with Gasteiger partial charge in [0.05, 0.1) is 16.0 Å². The van der Waals surface area contributed by atoms with Gasteiger partial charge >= 0.3 is 5.97 Å².